The average Bonchev–Trinajstić information content (AvgIpc) is 2.39. The van der Waals surface area contributed by atoms with Crippen molar-refractivity contribution in [2.24, 2.45) is 0 Å². The van der Waals surface area contributed by atoms with Crippen LogP contribution in [-0.2, 0) is 10.9 Å². The smallest absolute Gasteiger partial charge is 0.418 e. The lowest BCUT2D eigenvalue weighted by Gasteiger charge is -2.14. The van der Waals surface area contributed by atoms with Crippen LogP contribution in [0, 0.1) is 0 Å². The largest absolute Gasteiger partial charge is 0.502 e. The lowest BCUT2D eigenvalue weighted by atomic mass is 10.1. The molecule has 0 heterocycles. The summed E-state index contributed by atoms with van der Waals surface area (Å²) in [7, 11) is 0. The molecule has 1 rings (SSSR count). The Morgan fingerprint density at radius 3 is 2.76 bits per heavy atom. The van der Waals surface area contributed by atoms with Crippen LogP contribution in [0.15, 0.2) is 31.0 Å². The summed E-state index contributed by atoms with van der Waals surface area (Å²) in [6.45, 7) is 3.97. The lowest BCUT2D eigenvalue weighted by Crippen LogP contribution is -2.30. The summed E-state index contributed by atoms with van der Waals surface area (Å²) >= 11 is 5.54. The third kappa shape index (κ3) is 5.95. The van der Waals surface area contributed by atoms with Gasteiger partial charge in [-0.3, -0.25) is 0 Å². The highest BCUT2D eigenvalue weighted by Gasteiger charge is 2.34. The van der Waals surface area contributed by atoms with E-state index >= 15 is 0 Å². The topological polar surface area (TPSA) is 50.4 Å². The summed E-state index contributed by atoms with van der Waals surface area (Å²) in [5, 5.41) is 4.50. The Hall–Kier alpha value is -1.89. The number of alkyl halides is 3. The molecular weight excluding hydrogens is 309 g/mol. The van der Waals surface area contributed by atoms with Crippen LogP contribution in [0.5, 0.6) is 0 Å². The molecule has 1 aromatic rings. The molecule has 1 aromatic carbocycles. The van der Waals surface area contributed by atoms with Gasteiger partial charge < -0.3 is 15.4 Å². The number of hydrogen-bond donors (Lipinski definition) is 2. The number of carbonyl (C=O) groups excluding carboxylic acids is 1. The van der Waals surface area contributed by atoms with Gasteiger partial charge in [0.2, 0.25) is 0 Å². The highest BCUT2D eigenvalue weighted by atomic mass is 35.5. The van der Waals surface area contributed by atoms with Crippen LogP contribution < -0.4 is 10.6 Å². The van der Waals surface area contributed by atoms with E-state index in [-0.39, 0.29) is 17.3 Å². The quantitative estimate of drug-likeness (QED) is 0.613. The molecule has 0 atom stereocenters. The molecule has 0 fully saturated rings. The molecule has 0 aliphatic carbocycles. The molecule has 0 saturated heterocycles. The number of hydrogen-bond acceptors (Lipinski definition) is 2. The van der Waals surface area contributed by atoms with Gasteiger partial charge in [0.05, 0.1) is 24.1 Å². The van der Waals surface area contributed by atoms with Crippen molar-refractivity contribution in [3.63, 3.8) is 0 Å². The minimum atomic E-state index is -4.61. The van der Waals surface area contributed by atoms with Gasteiger partial charge in [0.15, 0.2) is 0 Å². The van der Waals surface area contributed by atoms with Crippen molar-refractivity contribution in [1.29, 1.82) is 0 Å². The molecule has 0 radical (unpaired) electrons. The zero-order valence-corrected chi connectivity index (χ0v) is 11.7. The molecule has 2 N–H and O–H groups in total. The minimum absolute atomic E-state index is 0.0603. The molecule has 0 bridgehead atoms. The average molecular weight is 323 g/mol. The summed E-state index contributed by atoms with van der Waals surface area (Å²) < 4.78 is 43.3. The Kier molecular flexibility index (Phi) is 6.36. The Morgan fingerprint density at radius 1 is 1.43 bits per heavy atom. The van der Waals surface area contributed by atoms with Crippen LogP contribution in [0.25, 0.3) is 0 Å². The van der Waals surface area contributed by atoms with Gasteiger partial charge in [0.25, 0.3) is 0 Å². The van der Waals surface area contributed by atoms with E-state index < -0.39 is 17.8 Å². The SMILES string of the molecule is C=COCCCNC(=O)Nc1ccc(Cl)cc1C(F)(F)F. The van der Waals surface area contributed by atoms with Gasteiger partial charge in [-0.1, -0.05) is 18.2 Å². The van der Waals surface area contributed by atoms with Crippen molar-refractivity contribution >= 4 is 23.3 Å². The van der Waals surface area contributed by atoms with Crippen LogP contribution in [-0.4, -0.2) is 19.2 Å². The van der Waals surface area contributed by atoms with E-state index in [1.54, 1.807) is 0 Å². The van der Waals surface area contributed by atoms with Gasteiger partial charge in [-0.2, -0.15) is 13.2 Å². The summed E-state index contributed by atoms with van der Waals surface area (Å²) in [5.41, 5.74) is -1.35. The van der Waals surface area contributed by atoms with Gasteiger partial charge in [0, 0.05) is 11.6 Å². The first-order chi connectivity index (χ1) is 9.84. The number of nitrogens with one attached hydrogen (secondary N) is 2. The van der Waals surface area contributed by atoms with E-state index in [1.165, 1.54) is 12.3 Å². The molecule has 0 aliphatic rings. The van der Waals surface area contributed by atoms with Crippen LogP contribution in [0.2, 0.25) is 5.02 Å². The number of anilines is 1. The van der Waals surface area contributed by atoms with Gasteiger partial charge in [0.1, 0.15) is 0 Å². The first kappa shape index (κ1) is 17.2. The van der Waals surface area contributed by atoms with E-state index in [0.717, 1.165) is 12.1 Å². The molecule has 4 nitrogen and oxygen atoms in total. The zero-order valence-electron chi connectivity index (χ0n) is 11.0. The van der Waals surface area contributed by atoms with Gasteiger partial charge >= 0.3 is 12.2 Å². The van der Waals surface area contributed by atoms with Crippen molar-refractivity contribution in [3.8, 4) is 0 Å². The summed E-state index contributed by atoms with van der Waals surface area (Å²) in [4.78, 5) is 11.5. The number of amides is 2. The first-order valence-corrected chi connectivity index (χ1v) is 6.36. The van der Waals surface area contributed by atoms with Crippen molar-refractivity contribution in [3.05, 3.63) is 41.6 Å². The second-order valence-corrected chi connectivity index (χ2v) is 4.40. The maximum atomic E-state index is 12.8. The molecule has 0 saturated carbocycles. The third-order valence-electron chi connectivity index (χ3n) is 2.38. The number of ether oxygens (including phenoxy) is 1. The molecule has 2 amide bonds. The summed E-state index contributed by atoms with van der Waals surface area (Å²) in [5.74, 6) is 0. The molecule has 0 aromatic heterocycles. The van der Waals surface area contributed by atoms with Gasteiger partial charge in [-0.15, -0.1) is 0 Å². The van der Waals surface area contributed by atoms with Crippen molar-refractivity contribution in [2.75, 3.05) is 18.5 Å². The Morgan fingerprint density at radius 2 is 2.14 bits per heavy atom. The Labute approximate surface area is 124 Å². The minimum Gasteiger partial charge on any atom is -0.502 e. The fourth-order valence-corrected chi connectivity index (χ4v) is 1.64. The fourth-order valence-electron chi connectivity index (χ4n) is 1.47. The number of carbonyl (C=O) groups is 1. The molecular formula is C13H14ClF3N2O2. The number of halogens is 4. The highest BCUT2D eigenvalue weighted by Crippen LogP contribution is 2.36. The first-order valence-electron chi connectivity index (χ1n) is 5.98. The van der Waals surface area contributed by atoms with E-state index in [4.69, 9.17) is 16.3 Å². The van der Waals surface area contributed by atoms with Crippen molar-refractivity contribution < 1.29 is 22.7 Å². The highest BCUT2D eigenvalue weighted by molar-refractivity contribution is 6.30. The van der Waals surface area contributed by atoms with Crippen molar-refractivity contribution in [2.45, 2.75) is 12.6 Å². The molecule has 0 unspecified atom stereocenters. The maximum absolute atomic E-state index is 12.8. The summed E-state index contributed by atoms with van der Waals surface area (Å²) in [6.07, 6.45) is -2.83. The van der Waals surface area contributed by atoms with Crippen LogP contribution in [0.4, 0.5) is 23.7 Å². The van der Waals surface area contributed by atoms with E-state index in [2.05, 4.69) is 17.2 Å². The van der Waals surface area contributed by atoms with Crippen molar-refractivity contribution in [1.82, 2.24) is 5.32 Å². The predicted molar refractivity (Wildman–Crippen MR) is 74.2 cm³/mol. The molecule has 116 valence electrons. The van der Waals surface area contributed by atoms with Gasteiger partial charge in [-0.05, 0) is 24.6 Å². The molecule has 0 spiro atoms. The monoisotopic (exact) mass is 322 g/mol. The molecule has 21 heavy (non-hydrogen) atoms. The number of rotatable bonds is 6. The standard InChI is InChI=1S/C13H14ClF3N2O2/c1-2-21-7-3-6-18-12(20)19-11-5-4-9(14)8-10(11)13(15,16)17/h2,4-5,8H,1,3,6-7H2,(H2,18,19,20). The van der Waals surface area contributed by atoms with E-state index in [0.29, 0.717) is 13.0 Å². The molecule has 8 heteroatoms. The Bertz CT molecular complexity index is 507. The third-order valence-corrected chi connectivity index (χ3v) is 2.61. The lowest BCUT2D eigenvalue weighted by molar-refractivity contribution is -0.136. The van der Waals surface area contributed by atoms with Gasteiger partial charge in [-0.25, -0.2) is 4.79 Å². The predicted octanol–water partition coefficient (Wildman–Crippen LogP) is 4.03. The fraction of sp³-hybridized carbons (Fsp3) is 0.308. The second-order valence-electron chi connectivity index (χ2n) is 3.96. The maximum Gasteiger partial charge on any atom is 0.418 e. The number of urea groups is 1. The Balaban J connectivity index is 2.62. The zero-order chi connectivity index (χ0) is 15.9. The van der Waals surface area contributed by atoms with Crippen LogP contribution >= 0.6 is 11.6 Å². The van der Waals surface area contributed by atoms with E-state index in [9.17, 15) is 18.0 Å². The number of benzene rings is 1. The second kappa shape index (κ2) is 7.78. The molecule has 0 aliphatic heterocycles. The van der Waals surface area contributed by atoms with Crippen LogP contribution in [0.3, 0.4) is 0 Å². The normalized spacial score (nSPS) is 10.9. The van der Waals surface area contributed by atoms with E-state index in [1.807, 2.05) is 0 Å². The summed E-state index contributed by atoms with van der Waals surface area (Å²) in [6, 6.07) is 2.40. The van der Waals surface area contributed by atoms with Crippen LogP contribution in [0.1, 0.15) is 12.0 Å².